The van der Waals surface area contributed by atoms with Crippen LogP contribution in [0, 0.1) is 0 Å². The summed E-state index contributed by atoms with van der Waals surface area (Å²) in [7, 11) is 0. The van der Waals surface area contributed by atoms with E-state index in [0.717, 1.165) is 38.5 Å². The van der Waals surface area contributed by atoms with E-state index in [2.05, 4.69) is 19.2 Å². The Labute approximate surface area is 603 Å². The highest BCUT2D eigenvalue weighted by molar-refractivity contribution is 5.76. The molecule has 0 aliphatic rings. The minimum atomic E-state index is -0.841. The van der Waals surface area contributed by atoms with Crippen LogP contribution in [0.25, 0.3) is 0 Å². The Morgan fingerprint density at radius 3 is 0.708 bits per heavy atom. The lowest BCUT2D eigenvalue weighted by Gasteiger charge is -2.20. The fourth-order valence-electron chi connectivity index (χ4n) is 14.8. The van der Waals surface area contributed by atoms with Gasteiger partial charge in [0.25, 0.3) is 0 Å². The predicted molar refractivity (Wildman–Crippen MR) is 426 cm³/mol. The average Bonchev–Trinajstić information content (AvgIpc) is 2.67. The number of rotatable bonds is 86. The highest BCUT2D eigenvalue weighted by Crippen LogP contribution is 2.22. The molecule has 6 heteroatoms. The number of carbonyl (C=O) groups excluding carboxylic acids is 2. The number of hydrogen-bond donors (Lipinski definition) is 3. The van der Waals surface area contributed by atoms with E-state index in [1.165, 1.54) is 462 Å². The molecule has 0 bridgehead atoms. The monoisotopic (exact) mass is 1350 g/mol. The first-order valence-corrected chi connectivity index (χ1v) is 45.0. The Morgan fingerprint density at radius 1 is 0.281 bits per heavy atom. The molecule has 0 aliphatic carbocycles. The molecule has 0 rings (SSSR count). The van der Waals surface area contributed by atoms with Crippen molar-refractivity contribution in [3.63, 3.8) is 0 Å². The quantitative estimate of drug-likeness (QED) is 0.0320. The van der Waals surface area contributed by atoms with Gasteiger partial charge in [-0.2, -0.15) is 0 Å². The van der Waals surface area contributed by atoms with Gasteiger partial charge in [-0.1, -0.05) is 495 Å². The lowest BCUT2D eigenvalue weighted by Crippen LogP contribution is -2.45. The molecule has 6 nitrogen and oxygen atoms in total. The number of ether oxygens (including phenoxy) is 1. The molecule has 96 heavy (non-hydrogen) atoms. The van der Waals surface area contributed by atoms with Gasteiger partial charge < -0.3 is 20.3 Å². The van der Waals surface area contributed by atoms with E-state index in [4.69, 9.17) is 4.74 Å². The Morgan fingerprint density at radius 2 is 0.479 bits per heavy atom. The molecule has 2 atom stereocenters. The molecule has 0 heterocycles. The van der Waals surface area contributed by atoms with Crippen LogP contribution in [0.3, 0.4) is 0 Å². The first-order chi connectivity index (χ1) is 47.5. The van der Waals surface area contributed by atoms with Crippen LogP contribution < -0.4 is 5.32 Å². The molecule has 0 saturated carbocycles. The van der Waals surface area contributed by atoms with Crippen molar-refractivity contribution in [2.24, 2.45) is 0 Å². The number of unbranched alkanes of at least 4 members (excludes halogenated alkanes) is 75. The number of allylic oxidation sites excluding steroid dienone is 1. The van der Waals surface area contributed by atoms with Gasteiger partial charge in [-0.3, -0.25) is 9.59 Å². The second-order valence-corrected chi connectivity index (χ2v) is 31.3. The van der Waals surface area contributed by atoms with Crippen LogP contribution in [0.1, 0.15) is 528 Å². The van der Waals surface area contributed by atoms with Crippen molar-refractivity contribution in [1.29, 1.82) is 0 Å². The molecule has 3 N–H and O–H groups in total. The van der Waals surface area contributed by atoms with Crippen LogP contribution >= 0.6 is 0 Å². The van der Waals surface area contributed by atoms with Crippen molar-refractivity contribution in [1.82, 2.24) is 5.32 Å². The third-order valence-corrected chi connectivity index (χ3v) is 21.6. The fourth-order valence-corrected chi connectivity index (χ4v) is 14.8. The van der Waals surface area contributed by atoms with Gasteiger partial charge in [0.15, 0.2) is 0 Å². The second kappa shape index (κ2) is 86.0. The molecule has 1 amide bonds. The summed E-state index contributed by atoms with van der Waals surface area (Å²) in [6.45, 7) is 4.98. The lowest BCUT2D eigenvalue weighted by molar-refractivity contribution is -0.143. The molecule has 0 aromatic rings. The predicted octanol–water partition coefficient (Wildman–Crippen LogP) is 30.2. The topological polar surface area (TPSA) is 95.9 Å². The summed E-state index contributed by atoms with van der Waals surface area (Å²) in [6.07, 6.45) is 111. The highest BCUT2D eigenvalue weighted by atomic mass is 16.5. The summed E-state index contributed by atoms with van der Waals surface area (Å²) in [5.74, 6) is -0.0271. The molecular weight excluding hydrogens is 1170 g/mol. The third-order valence-electron chi connectivity index (χ3n) is 21.6. The first-order valence-electron chi connectivity index (χ1n) is 45.0. The number of amides is 1. The average molecular weight is 1350 g/mol. The smallest absolute Gasteiger partial charge is 0.305 e. The van der Waals surface area contributed by atoms with E-state index in [0.29, 0.717) is 19.4 Å². The molecule has 0 aliphatic heterocycles. The molecule has 0 aromatic carbocycles. The number of aliphatic hydroxyl groups is 2. The maximum Gasteiger partial charge on any atom is 0.305 e. The molecule has 0 radical (unpaired) electrons. The molecule has 0 fully saturated rings. The van der Waals surface area contributed by atoms with Crippen LogP contribution in [-0.2, 0) is 14.3 Å². The van der Waals surface area contributed by atoms with Gasteiger partial charge in [-0.05, 0) is 32.1 Å². The molecule has 572 valence electrons. The van der Waals surface area contributed by atoms with Crippen LogP contribution in [0.4, 0.5) is 0 Å². The van der Waals surface area contributed by atoms with Crippen molar-refractivity contribution < 1.29 is 24.5 Å². The summed E-state index contributed by atoms with van der Waals surface area (Å²) >= 11 is 0. The highest BCUT2D eigenvalue weighted by Gasteiger charge is 2.18. The van der Waals surface area contributed by atoms with Gasteiger partial charge in [0.05, 0.1) is 25.4 Å². The van der Waals surface area contributed by atoms with E-state index in [9.17, 15) is 19.8 Å². The van der Waals surface area contributed by atoms with E-state index >= 15 is 0 Å². The maximum absolute atomic E-state index is 12.6. The Bertz CT molecular complexity index is 1470. The van der Waals surface area contributed by atoms with Crippen LogP contribution in [0.2, 0.25) is 0 Å². The number of nitrogens with one attached hydrogen (secondary N) is 1. The fraction of sp³-hybridized carbons (Fsp3) is 0.956. The molecule has 0 saturated heterocycles. The zero-order chi connectivity index (χ0) is 69.1. The third kappa shape index (κ3) is 81.6. The summed E-state index contributed by atoms with van der Waals surface area (Å²) in [5.41, 5.74) is 0. The van der Waals surface area contributed by atoms with Crippen molar-refractivity contribution >= 4 is 11.9 Å². The normalized spacial score (nSPS) is 12.4. The number of carbonyl (C=O) groups is 2. The summed E-state index contributed by atoms with van der Waals surface area (Å²) < 4.78 is 5.51. The maximum atomic E-state index is 12.6. The summed E-state index contributed by atoms with van der Waals surface area (Å²) in [4.78, 5) is 24.7. The summed E-state index contributed by atoms with van der Waals surface area (Å²) in [5, 5.41) is 23.4. The number of aliphatic hydroxyl groups excluding tert-OH is 2. The van der Waals surface area contributed by atoms with Gasteiger partial charge >= 0.3 is 5.97 Å². The van der Waals surface area contributed by atoms with E-state index < -0.39 is 12.1 Å². The van der Waals surface area contributed by atoms with Gasteiger partial charge in [-0.25, -0.2) is 0 Å². The lowest BCUT2D eigenvalue weighted by atomic mass is 10.0. The number of hydrogen-bond acceptors (Lipinski definition) is 5. The van der Waals surface area contributed by atoms with Crippen molar-refractivity contribution in [3.8, 4) is 0 Å². The van der Waals surface area contributed by atoms with E-state index in [1.54, 1.807) is 6.08 Å². The Balaban J connectivity index is 3.31. The van der Waals surface area contributed by atoms with E-state index in [-0.39, 0.29) is 18.5 Å². The molecular formula is C90H177NO5. The SMILES string of the molecule is CCCCCCCCCCCCCCCCCCCCCCCCC/C=C/C(O)C(CO)NC(=O)CCCCCCCCCCCCCCCCCCCCCCCCCCCCCCCCCCCCCCCCCOC(=O)CCCCCCCCCCCCCCCCC. The van der Waals surface area contributed by atoms with E-state index in [1.807, 2.05) is 6.08 Å². The minimum absolute atomic E-state index is 0.0283. The zero-order valence-corrected chi connectivity index (χ0v) is 65.9. The second-order valence-electron chi connectivity index (χ2n) is 31.3. The van der Waals surface area contributed by atoms with Crippen LogP contribution in [0.5, 0.6) is 0 Å². The minimum Gasteiger partial charge on any atom is -0.466 e. The standard InChI is InChI=1S/C90H177NO5/c1-3-5-7-9-11-13-15-17-19-20-21-22-23-39-42-45-48-51-55-58-62-66-70-74-78-82-88(93)87(86-92)91-89(94)83-79-75-71-67-63-59-56-52-49-46-43-40-37-35-33-31-29-27-25-24-26-28-30-32-34-36-38-41-44-47-50-53-57-61-65-69-73-77-81-85-96-90(95)84-80-76-72-68-64-60-54-18-16-14-12-10-8-6-4-2/h78,82,87-88,92-93H,3-77,79-81,83-86H2,1-2H3,(H,91,94)/b82-78+. The largest absolute Gasteiger partial charge is 0.466 e. The molecule has 0 aromatic heterocycles. The molecule has 2 unspecified atom stereocenters. The first kappa shape index (κ1) is 94.6. The Kier molecular flexibility index (Phi) is 84.8. The van der Waals surface area contributed by atoms with Gasteiger partial charge in [0.2, 0.25) is 5.91 Å². The van der Waals surface area contributed by atoms with Gasteiger partial charge in [-0.15, -0.1) is 0 Å². The van der Waals surface area contributed by atoms with Gasteiger partial charge in [0.1, 0.15) is 0 Å². The van der Waals surface area contributed by atoms with Crippen molar-refractivity contribution in [2.75, 3.05) is 13.2 Å². The molecule has 0 spiro atoms. The van der Waals surface area contributed by atoms with Gasteiger partial charge in [0, 0.05) is 12.8 Å². The van der Waals surface area contributed by atoms with Crippen molar-refractivity contribution in [2.45, 2.75) is 540 Å². The zero-order valence-electron chi connectivity index (χ0n) is 65.9. The number of esters is 1. The van der Waals surface area contributed by atoms with Crippen LogP contribution in [-0.4, -0.2) is 47.4 Å². The Hall–Kier alpha value is -1.40. The summed E-state index contributed by atoms with van der Waals surface area (Å²) in [6, 6.07) is -0.624. The van der Waals surface area contributed by atoms with Crippen molar-refractivity contribution in [3.05, 3.63) is 12.2 Å². The van der Waals surface area contributed by atoms with Crippen LogP contribution in [0.15, 0.2) is 12.2 Å².